The third-order valence-electron chi connectivity index (χ3n) is 5.37. The molecular formula is C25H25N3O2. The zero-order chi connectivity index (χ0) is 20.8. The third kappa shape index (κ3) is 4.51. The number of likely N-dealkylation sites (tertiary alicyclic amines) is 1. The fraction of sp³-hybridized carbons (Fsp3) is 0.200. The highest BCUT2D eigenvalue weighted by atomic mass is 16.2. The van der Waals surface area contributed by atoms with Gasteiger partial charge in [0.2, 0.25) is 5.91 Å². The molecule has 1 fully saturated rings. The minimum atomic E-state index is -0.468. The summed E-state index contributed by atoms with van der Waals surface area (Å²) < 4.78 is 0. The Kier molecular flexibility index (Phi) is 6.09. The van der Waals surface area contributed by atoms with E-state index >= 15 is 0 Å². The topological polar surface area (TPSA) is 61.4 Å². The molecule has 3 amide bonds. The van der Waals surface area contributed by atoms with Crippen LogP contribution in [0.25, 0.3) is 11.1 Å². The van der Waals surface area contributed by atoms with E-state index in [2.05, 4.69) is 10.6 Å². The van der Waals surface area contributed by atoms with E-state index in [1.54, 1.807) is 4.90 Å². The highest BCUT2D eigenvalue weighted by Crippen LogP contribution is 2.28. The van der Waals surface area contributed by atoms with Crippen molar-refractivity contribution in [2.45, 2.75) is 25.4 Å². The summed E-state index contributed by atoms with van der Waals surface area (Å²) in [6, 6.07) is 26.8. The molecular weight excluding hydrogens is 374 g/mol. The van der Waals surface area contributed by atoms with E-state index in [4.69, 9.17) is 0 Å². The van der Waals surface area contributed by atoms with Crippen molar-refractivity contribution in [1.29, 1.82) is 0 Å². The molecule has 152 valence electrons. The van der Waals surface area contributed by atoms with Crippen LogP contribution in [-0.4, -0.2) is 29.4 Å². The number of amides is 3. The zero-order valence-electron chi connectivity index (χ0n) is 16.8. The Morgan fingerprint density at radius 2 is 1.53 bits per heavy atom. The molecule has 1 unspecified atom stereocenters. The van der Waals surface area contributed by atoms with Crippen LogP contribution >= 0.6 is 0 Å². The molecule has 0 spiro atoms. The van der Waals surface area contributed by atoms with E-state index < -0.39 is 6.04 Å². The summed E-state index contributed by atoms with van der Waals surface area (Å²) in [6.07, 6.45) is 1.48. The van der Waals surface area contributed by atoms with Gasteiger partial charge < -0.3 is 15.5 Å². The second kappa shape index (κ2) is 9.27. The van der Waals surface area contributed by atoms with Gasteiger partial charge in [-0.05, 0) is 30.0 Å². The van der Waals surface area contributed by atoms with Gasteiger partial charge in [-0.25, -0.2) is 4.79 Å². The summed E-state index contributed by atoms with van der Waals surface area (Å²) in [5, 5.41) is 5.98. The van der Waals surface area contributed by atoms with Crippen molar-refractivity contribution >= 4 is 17.6 Å². The number of urea groups is 1. The van der Waals surface area contributed by atoms with Crippen molar-refractivity contribution in [2.24, 2.45) is 0 Å². The molecule has 3 aromatic carbocycles. The van der Waals surface area contributed by atoms with Crippen LogP contribution in [0.1, 0.15) is 18.4 Å². The maximum absolute atomic E-state index is 13.1. The molecule has 0 bridgehead atoms. The van der Waals surface area contributed by atoms with Gasteiger partial charge in [-0.1, -0.05) is 78.9 Å². The van der Waals surface area contributed by atoms with Crippen LogP contribution in [0.2, 0.25) is 0 Å². The van der Waals surface area contributed by atoms with Crippen LogP contribution in [0.4, 0.5) is 10.5 Å². The predicted molar refractivity (Wildman–Crippen MR) is 119 cm³/mol. The number of nitrogens with zero attached hydrogens (tertiary/aromatic N) is 1. The van der Waals surface area contributed by atoms with Gasteiger partial charge in [0.15, 0.2) is 0 Å². The smallest absolute Gasteiger partial charge is 0.318 e. The number of nitrogens with one attached hydrogen (secondary N) is 2. The number of rotatable bonds is 5. The Bertz CT molecular complexity index is 1010. The van der Waals surface area contributed by atoms with E-state index in [1.807, 2.05) is 84.9 Å². The number of carbonyl (C=O) groups excluding carboxylic acids is 2. The minimum absolute atomic E-state index is 0.147. The fourth-order valence-electron chi connectivity index (χ4n) is 3.84. The summed E-state index contributed by atoms with van der Waals surface area (Å²) in [4.78, 5) is 27.4. The van der Waals surface area contributed by atoms with Crippen molar-refractivity contribution in [2.75, 3.05) is 11.9 Å². The highest BCUT2D eigenvalue weighted by Gasteiger charge is 2.34. The molecule has 1 aliphatic rings. The van der Waals surface area contributed by atoms with E-state index in [1.165, 1.54) is 0 Å². The lowest BCUT2D eigenvalue weighted by Crippen LogP contribution is -2.47. The molecule has 5 heteroatoms. The van der Waals surface area contributed by atoms with E-state index in [0.717, 1.165) is 28.8 Å². The number of anilines is 1. The number of benzene rings is 3. The Hall–Kier alpha value is -3.60. The molecule has 0 saturated carbocycles. The monoisotopic (exact) mass is 399 g/mol. The number of hydrogen-bond donors (Lipinski definition) is 2. The lowest BCUT2D eigenvalue weighted by molar-refractivity contribution is -0.119. The van der Waals surface area contributed by atoms with Crippen LogP contribution in [0, 0.1) is 0 Å². The molecule has 3 aromatic rings. The normalized spacial score (nSPS) is 15.6. The first kappa shape index (κ1) is 19.7. The Morgan fingerprint density at radius 1 is 0.867 bits per heavy atom. The van der Waals surface area contributed by atoms with Crippen molar-refractivity contribution in [1.82, 2.24) is 10.2 Å². The largest absolute Gasteiger partial charge is 0.334 e. The van der Waals surface area contributed by atoms with Gasteiger partial charge in [0, 0.05) is 24.3 Å². The molecule has 0 aromatic heterocycles. The standard InChI is InChI=1S/C25H25N3O2/c29-24(27-22-15-8-7-14-21(22)20-12-5-2-6-13-20)23-16-9-17-28(23)25(30)26-18-19-10-3-1-4-11-19/h1-8,10-15,23H,9,16-18H2,(H,26,30)(H,27,29). The first-order valence-corrected chi connectivity index (χ1v) is 10.3. The summed E-state index contributed by atoms with van der Waals surface area (Å²) in [5.74, 6) is -0.147. The number of carbonyl (C=O) groups is 2. The van der Waals surface area contributed by atoms with E-state index in [9.17, 15) is 9.59 Å². The molecule has 5 nitrogen and oxygen atoms in total. The highest BCUT2D eigenvalue weighted by molar-refractivity contribution is 6.00. The van der Waals surface area contributed by atoms with Crippen LogP contribution < -0.4 is 10.6 Å². The predicted octanol–water partition coefficient (Wildman–Crippen LogP) is 4.67. The molecule has 1 saturated heterocycles. The lowest BCUT2D eigenvalue weighted by Gasteiger charge is -2.25. The Labute approximate surface area is 176 Å². The average Bonchev–Trinajstić information content (AvgIpc) is 3.29. The SMILES string of the molecule is O=C(Nc1ccccc1-c1ccccc1)C1CCCN1C(=O)NCc1ccccc1. The van der Waals surface area contributed by atoms with Crippen molar-refractivity contribution in [3.05, 3.63) is 90.5 Å². The second-order valence-electron chi connectivity index (χ2n) is 7.40. The first-order chi connectivity index (χ1) is 14.7. The third-order valence-corrected chi connectivity index (χ3v) is 5.37. The molecule has 1 atom stereocenters. The van der Waals surface area contributed by atoms with Crippen molar-refractivity contribution < 1.29 is 9.59 Å². The summed E-state index contributed by atoms with van der Waals surface area (Å²) in [7, 11) is 0. The van der Waals surface area contributed by atoms with Gasteiger partial charge in [0.25, 0.3) is 0 Å². The van der Waals surface area contributed by atoms with Gasteiger partial charge in [-0.3, -0.25) is 4.79 Å². The molecule has 1 aliphatic heterocycles. The van der Waals surface area contributed by atoms with Gasteiger partial charge >= 0.3 is 6.03 Å². The van der Waals surface area contributed by atoms with Crippen LogP contribution in [0.5, 0.6) is 0 Å². The van der Waals surface area contributed by atoms with E-state index in [0.29, 0.717) is 19.5 Å². The lowest BCUT2D eigenvalue weighted by atomic mass is 10.0. The van der Waals surface area contributed by atoms with Crippen molar-refractivity contribution in [3.63, 3.8) is 0 Å². The minimum Gasteiger partial charge on any atom is -0.334 e. The Balaban J connectivity index is 1.44. The first-order valence-electron chi connectivity index (χ1n) is 10.3. The summed E-state index contributed by atoms with van der Waals surface area (Å²) in [6.45, 7) is 1.03. The van der Waals surface area contributed by atoms with Gasteiger partial charge in [-0.2, -0.15) is 0 Å². The van der Waals surface area contributed by atoms with E-state index in [-0.39, 0.29) is 11.9 Å². The molecule has 30 heavy (non-hydrogen) atoms. The molecule has 0 aliphatic carbocycles. The van der Waals surface area contributed by atoms with Gasteiger partial charge in [-0.15, -0.1) is 0 Å². The zero-order valence-corrected chi connectivity index (χ0v) is 16.8. The molecule has 2 N–H and O–H groups in total. The molecule has 0 radical (unpaired) electrons. The van der Waals surface area contributed by atoms with Crippen LogP contribution in [0.3, 0.4) is 0 Å². The fourth-order valence-corrected chi connectivity index (χ4v) is 3.84. The molecule has 1 heterocycles. The summed E-state index contributed by atoms with van der Waals surface area (Å²) >= 11 is 0. The summed E-state index contributed by atoms with van der Waals surface area (Å²) in [5.41, 5.74) is 3.79. The quantitative estimate of drug-likeness (QED) is 0.655. The maximum Gasteiger partial charge on any atom is 0.318 e. The van der Waals surface area contributed by atoms with Crippen LogP contribution in [-0.2, 0) is 11.3 Å². The van der Waals surface area contributed by atoms with Crippen LogP contribution in [0.15, 0.2) is 84.9 Å². The molecule has 4 rings (SSSR count). The maximum atomic E-state index is 13.1. The number of para-hydroxylation sites is 1. The average molecular weight is 399 g/mol. The second-order valence-corrected chi connectivity index (χ2v) is 7.40. The number of hydrogen-bond acceptors (Lipinski definition) is 2. The van der Waals surface area contributed by atoms with Crippen molar-refractivity contribution in [3.8, 4) is 11.1 Å². The van der Waals surface area contributed by atoms with Gasteiger partial charge in [0.1, 0.15) is 6.04 Å². The van der Waals surface area contributed by atoms with Gasteiger partial charge in [0.05, 0.1) is 0 Å². The Morgan fingerprint density at radius 3 is 2.30 bits per heavy atom.